The Morgan fingerprint density at radius 1 is 0.670 bits per heavy atom. The molecule has 6 unspecified atom stereocenters. The number of halogens is 2. The van der Waals surface area contributed by atoms with Crippen molar-refractivity contribution in [2.45, 2.75) is 138 Å². The molecule has 16 atom stereocenters. The summed E-state index contributed by atoms with van der Waals surface area (Å²) in [5.74, 6) is -13.6. The predicted octanol–water partition coefficient (Wildman–Crippen LogP) is 4.81. The molecule has 0 radical (unpaired) electrons. The van der Waals surface area contributed by atoms with Crippen molar-refractivity contribution in [1.82, 2.24) is 37.2 Å². The molecular weight excluding hydrogens is 1600 g/mol. The number of aliphatic carboxylic acids is 1. The number of carboxylic acids is 1. The second kappa shape index (κ2) is 30.5. The van der Waals surface area contributed by atoms with E-state index in [0.717, 1.165) is 30.0 Å². The zero-order valence-corrected chi connectivity index (χ0v) is 62.3. The first-order valence-corrected chi connectivity index (χ1v) is 37.1. The number of phenols is 3. The summed E-state index contributed by atoms with van der Waals surface area (Å²) in [4.78, 5) is 138. The van der Waals surface area contributed by atoms with Crippen LogP contribution in [-0.4, -0.2) is 168 Å². The number of benzene rings is 7. The smallest absolute Gasteiger partial charge is 0.330 e. The molecule has 0 aromatic heterocycles. The molecule has 112 heavy (non-hydrogen) atoms. The number of aryl methyl sites for hydroxylation is 1. The third-order valence-electron chi connectivity index (χ3n) is 20.6. The summed E-state index contributed by atoms with van der Waals surface area (Å²) in [6.45, 7) is 2.90. The zero-order chi connectivity index (χ0) is 79.2. The van der Waals surface area contributed by atoms with E-state index >= 15 is 24.0 Å². The van der Waals surface area contributed by atoms with Crippen LogP contribution < -0.4 is 61.1 Å². The second-order valence-electron chi connectivity index (χ2n) is 28.3. The van der Waals surface area contributed by atoms with Gasteiger partial charge in [-0.25, -0.2) is 4.79 Å². The molecule has 8 heterocycles. The topological polar surface area (TPSA) is 468 Å². The number of nitrogens with zero attached hydrogens (tertiary/aromatic N) is 1. The number of carboxylic acid groups (broad SMARTS) is 1. The number of aliphatic hydroxyl groups excluding tert-OH is 4. The highest BCUT2D eigenvalue weighted by atomic mass is 127. The number of fused-ring (bicyclic) bond motifs is 19. The summed E-state index contributed by atoms with van der Waals surface area (Å²) < 4.78 is 47.0. The number of nitrogens with one attached hydrogen (secondary N) is 7. The van der Waals surface area contributed by atoms with Crippen molar-refractivity contribution >= 4 is 93.1 Å². The van der Waals surface area contributed by atoms with E-state index in [1.165, 1.54) is 91.0 Å². The third-order valence-corrected chi connectivity index (χ3v) is 21.8. The van der Waals surface area contributed by atoms with Gasteiger partial charge in [-0.1, -0.05) is 48.9 Å². The fraction of sp³-hybridized carbons (Fsp3) is 0.321. The van der Waals surface area contributed by atoms with Gasteiger partial charge < -0.3 is 111 Å². The fourth-order valence-electron chi connectivity index (χ4n) is 15.3. The van der Waals surface area contributed by atoms with Gasteiger partial charge in [-0.2, -0.15) is 0 Å². The van der Waals surface area contributed by atoms with E-state index in [2.05, 4.69) is 37.2 Å². The van der Waals surface area contributed by atoms with Gasteiger partial charge in [0.2, 0.25) is 53.4 Å². The maximum absolute atomic E-state index is 17.6. The first-order valence-electron chi connectivity index (χ1n) is 35.6. The highest BCUT2D eigenvalue weighted by Gasteiger charge is 2.53. The molecule has 2 fully saturated rings. The lowest BCUT2D eigenvalue weighted by atomic mass is 9.88. The Bertz CT molecular complexity index is 5140. The van der Waals surface area contributed by atoms with Gasteiger partial charge in [0.05, 0.1) is 30.3 Å². The molecule has 1 aliphatic carbocycles. The second-order valence-corrected chi connectivity index (χ2v) is 29.8. The van der Waals surface area contributed by atoms with E-state index in [4.69, 9.17) is 44.8 Å². The van der Waals surface area contributed by atoms with Gasteiger partial charge in [-0.3, -0.25) is 43.3 Å². The first-order chi connectivity index (χ1) is 53.6. The monoisotopic (exact) mass is 1670 g/mol. The molecule has 582 valence electrons. The van der Waals surface area contributed by atoms with Crippen LogP contribution in [0.5, 0.6) is 57.5 Å². The average Bonchev–Trinajstić information content (AvgIpc) is 1.55. The number of hydrogen-bond acceptors (Lipinski definition) is 23. The number of phenolic OH excluding ortho intramolecular Hbond substituents is 3. The van der Waals surface area contributed by atoms with E-state index in [9.17, 15) is 60.0 Å². The first kappa shape index (κ1) is 76.2. The minimum absolute atomic E-state index is 0.0752. The molecule has 2 saturated heterocycles. The van der Waals surface area contributed by atoms with Crippen LogP contribution in [0.3, 0.4) is 0 Å². The van der Waals surface area contributed by atoms with Gasteiger partial charge in [-0.15, -0.1) is 0 Å². The zero-order valence-electron chi connectivity index (χ0n) is 59.3. The minimum atomic E-state index is -2.23. The van der Waals surface area contributed by atoms with Gasteiger partial charge >= 0.3 is 5.97 Å². The van der Waals surface area contributed by atoms with Crippen molar-refractivity contribution in [1.29, 1.82) is 0 Å². The van der Waals surface area contributed by atoms with Crippen LogP contribution in [0, 0.1) is 16.4 Å². The quantitative estimate of drug-likeness (QED) is 0.0610. The summed E-state index contributed by atoms with van der Waals surface area (Å²) in [5, 5.41) is 109. The summed E-state index contributed by atoms with van der Waals surface area (Å²) in [5.41, 5.74) is 0.429. The molecule has 0 saturated carbocycles. The van der Waals surface area contributed by atoms with Crippen LogP contribution in [0.15, 0.2) is 127 Å². The summed E-state index contributed by atoms with van der Waals surface area (Å²) in [7, 11) is 0. The molecule has 9 aliphatic rings. The maximum Gasteiger partial charge on any atom is 0.330 e. The number of carbonyl (C=O) groups excluding carboxylic acids is 8. The Balaban J connectivity index is 1.01. The molecule has 15 N–H and O–H groups in total. The average molecular weight is 1670 g/mol. The minimum Gasteiger partial charge on any atom is -0.508 e. The molecule has 8 aliphatic heterocycles. The van der Waals surface area contributed by atoms with Crippen molar-refractivity contribution in [2.24, 2.45) is 5.92 Å². The normalized spacial score (nSPS) is 26.9. The molecule has 7 aromatic carbocycles. The van der Waals surface area contributed by atoms with E-state index < -0.39 is 187 Å². The highest BCUT2D eigenvalue weighted by Crippen LogP contribution is 2.54. The van der Waals surface area contributed by atoms with Gasteiger partial charge in [-0.05, 0) is 182 Å². The van der Waals surface area contributed by atoms with Crippen LogP contribution in [0.25, 0.3) is 11.1 Å². The number of aliphatic hydroxyl groups is 4. The van der Waals surface area contributed by atoms with Crippen LogP contribution in [0.2, 0.25) is 5.02 Å². The van der Waals surface area contributed by atoms with E-state index in [-0.39, 0.29) is 109 Å². The maximum atomic E-state index is 17.6. The Labute approximate surface area is 654 Å². The van der Waals surface area contributed by atoms with Crippen LogP contribution in [0.4, 0.5) is 5.69 Å². The van der Waals surface area contributed by atoms with Crippen molar-refractivity contribution < 1.29 is 117 Å². The Kier molecular flexibility index (Phi) is 20.8. The number of hydrogen-bond donors (Lipinski definition) is 15. The van der Waals surface area contributed by atoms with Crippen LogP contribution >= 0.6 is 34.2 Å². The lowest BCUT2D eigenvalue weighted by Gasteiger charge is -2.44. The van der Waals surface area contributed by atoms with E-state index in [1.54, 1.807) is 26.0 Å². The van der Waals surface area contributed by atoms with Gasteiger partial charge in [0.15, 0.2) is 41.1 Å². The number of anilines is 1. The van der Waals surface area contributed by atoms with Crippen LogP contribution in [0.1, 0.15) is 101 Å². The molecular formula is C78H72ClIN8O24. The number of amides is 8. The molecule has 0 spiro atoms. The van der Waals surface area contributed by atoms with E-state index in [0.29, 0.717) is 26.7 Å². The van der Waals surface area contributed by atoms with Crippen molar-refractivity contribution in [3.05, 3.63) is 180 Å². The van der Waals surface area contributed by atoms with Gasteiger partial charge in [0, 0.05) is 35.3 Å². The molecule has 34 heteroatoms. The Morgan fingerprint density at radius 2 is 1.39 bits per heavy atom. The van der Waals surface area contributed by atoms with Crippen molar-refractivity contribution in [2.75, 3.05) is 18.1 Å². The number of ether oxygens (including phenoxy) is 7. The lowest BCUT2D eigenvalue weighted by molar-refractivity contribution is -0.284. The third kappa shape index (κ3) is 14.7. The van der Waals surface area contributed by atoms with Crippen LogP contribution in [-0.2, 0) is 70.2 Å². The molecule has 32 nitrogen and oxygen atoms in total. The lowest BCUT2D eigenvalue weighted by Crippen LogP contribution is -2.65. The van der Waals surface area contributed by atoms with Crippen molar-refractivity contribution in [3.8, 4) is 68.6 Å². The summed E-state index contributed by atoms with van der Waals surface area (Å²) >= 11 is 9.23. The Hall–Kier alpha value is -11.2. The van der Waals surface area contributed by atoms with E-state index in [1.807, 2.05) is 22.6 Å². The summed E-state index contributed by atoms with van der Waals surface area (Å²) in [6.07, 6.45) is -10.5. The molecule has 16 rings (SSSR count). The van der Waals surface area contributed by atoms with Crippen molar-refractivity contribution in [3.63, 3.8) is 0 Å². The summed E-state index contributed by atoms with van der Waals surface area (Å²) in [6, 6.07) is 10.2. The number of aromatic hydroxyl groups is 3. The molecule has 7 aromatic rings. The molecule has 17 bridgehead atoms. The standard InChI is InChI=1S/C78H72ClIN8O24/c1-4-5-57(95)83-63-42-27-41(42)55(28-89)109-77(63)112-70-53-23-37-24-54(70)108-51-13-9-35-22-48(51)88(75(103)61(37)85-72(100)60-36-19-39(93)25-40(20-36)106-52-17-33(6-11-49(52)94)18-58(96)82-47(71(99)84-60)16-32-7-12-50(107-53)45(79)15-32)66-34-8-10-46(80)43(21-34)59-30(2)14-38(92)26-44(59)62(76(104)105)86-73(101)65(87-74(66)102)69(35)111-78-64(81-31(3)91)68(98)67(97)56(29-90)110-78/h6-15,17,19-27,42,47,55-56,60-69,77-78,89-90,92-94,97-98H,4-5,16,18,28-29H2,1-3H3,(H,81,91)(H,82,96)(H,83,95)(H,84,99)(H,85,100)(H,86,101)(H,87,102)(H,104,105)/t42?,47-,55?,56?,60+,61-,62+,63?,64?,65+,66-,67-,68?,69-,77+,78+/m1/s1. The number of rotatable bonds is 11. The predicted molar refractivity (Wildman–Crippen MR) is 398 cm³/mol. The van der Waals surface area contributed by atoms with Gasteiger partial charge in [0.1, 0.15) is 95.8 Å². The fourth-order valence-corrected chi connectivity index (χ4v) is 16.1. The highest BCUT2D eigenvalue weighted by molar-refractivity contribution is 14.1. The molecule has 8 amide bonds. The Morgan fingerprint density at radius 3 is 2.12 bits per heavy atom. The van der Waals surface area contributed by atoms with Gasteiger partial charge in [0.25, 0.3) is 5.91 Å². The SMILES string of the molecule is CCCC(=O)NC1C2C=C2C(CO)O[C@H]1Oc1c2cc3cc1Oc1ccc4cc1N(C(=O)[C@@H]3NC(=O)[C@H]1NC(=O)[C@@H](Cc3ccc(c(Cl)c3)O2)NC(=O)Cc2ccc(O)c(c2)Oc2cc(O)cc1c2)[C@H]1C(=O)N[C@H](C(=O)N[C@H](C(=O)O)c2cc(O)cc(C)c2-c2cc1ccc2I)[C@@H]4O[C@@H]1OC(CO)[C@@H](O)C(O)C1NC(C)=O. The number of carbonyl (C=O) groups is 9. The largest absolute Gasteiger partial charge is 0.508 e.